The summed E-state index contributed by atoms with van der Waals surface area (Å²) >= 11 is 0. The summed E-state index contributed by atoms with van der Waals surface area (Å²) in [6.45, 7) is 1.93. The predicted molar refractivity (Wildman–Crippen MR) is 76.8 cm³/mol. The molecule has 3 rings (SSSR count). The van der Waals surface area contributed by atoms with E-state index < -0.39 is 17.1 Å². The number of ether oxygens (including phenoxy) is 1. The van der Waals surface area contributed by atoms with Crippen LogP contribution >= 0.6 is 0 Å². The molecule has 8 heteroatoms. The van der Waals surface area contributed by atoms with E-state index >= 15 is 0 Å². The number of hydrogen-bond acceptors (Lipinski definition) is 7. The van der Waals surface area contributed by atoms with Crippen molar-refractivity contribution in [3.05, 3.63) is 51.4 Å². The lowest BCUT2D eigenvalue weighted by atomic mass is 9.75. The van der Waals surface area contributed by atoms with Crippen molar-refractivity contribution in [2.45, 2.75) is 25.1 Å². The molecule has 4 atom stereocenters. The number of benzene rings is 1. The molecule has 2 heterocycles. The second kappa shape index (κ2) is 5.29. The van der Waals surface area contributed by atoms with E-state index in [0.717, 1.165) is 0 Å². The van der Waals surface area contributed by atoms with Gasteiger partial charge in [0.15, 0.2) is 6.23 Å². The largest absolute Gasteiger partial charge is 0.458 e. The van der Waals surface area contributed by atoms with Gasteiger partial charge in [0.25, 0.3) is 5.69 Å². The SMILES string of the molecule is CC1NNC2OC(N)=C(C#N)C(c3ccccc3[N+](=O)[O-])C12. The summed E-state index contributed by atoms with van der Waals surface area (Å²) in [6.07, 6.45) is -0.433. The van der Waals surface area contributed by atoms with Crippen LogP contribution in [-0.2, 0) is 4.74 Å². The average Bonchev–Trinajstić information content (AvgIpc) is 2.86. The zero-order chi connectivity index (χ0) is 15.9. The van der Waals surface area contributed by atoms with Crippen LogP contribution in [0.1, 0.15) is 18.4 Å². The smallest absolute Gasteiger partial charge is 0.273 e. The van der Waals surface area contributed by atoms with Gasteiger partial charge in [0.2, 0.25) is 5.88 Å². The number of rotatable bonds is 2. The number of nitrogens with two attached hydrogens (primary N) is 1. The Balaban J connectivity index is 2.19. The van der Waals surface area contributed by atoms with Crippen molar-refractivity contribution in [2.75, 3.05) is 0 Å². The van der Waals surface area contributed by atoms with E-state index in [-0.39, 0.29) is 29.1 Å². The Morgan fingerprint density at radius 2 is 2.14 bits per heavy atom. The number of allylic oxidation sites excluding steroid dienone is 1. The first kappa shape index (κ1) is 14.3. The Labute approximate surface area is 126 Å². The molecule has 2 aliphatic rings. The monoisotopic (exact) mass is 301 g/mol. The maximum absolute atomic E-state index is 11.3. The number of nitrogens with one attached hydrogen (secondary N) is 2. The van der Waals surface area contributed by atoms with Crippen molar-refractivity contribution in [2.24, 2.45) is 11.7 Å². The van der Waals surface area contributed by atoms with Gasteiger partial charge >= 0.3 is 0 Å². The first-order valence-electron chi connectivity index (χ1n) is 6.85. The van der Waals surface area contributed by atoms with Crippen molar-refractivity contribution >= 4 is 5.69 Å². The van der Waals surface area contributed by atoms with Crippen LogP contribution in [0, 0.1) is 27.4 Å². The van der Waals surface area contributed by atoms with Gasteiger partial charge in [0.1, 0.15) is 6.07 Å². The highest BCUT2D eigenvalue weighted by Crippen LogP contribution is 2.45. The summed E-state index contributed by atoms with van der Waals surface area (Å²) in [5.74, 6) is -0.666. The van der Waals surface area contributed by atoms with Gasteiger partial charge in [-0.15, -0.1) is 0 Å². The van der Waals surface area contributed by atoms with Gasteiger partial charge in [-0.2, -0.15) is 5.26 Å². The number of nitriles is 1. The molecule has 0 saturated carbocycles. The molecule has 22 heavy (non-hydrogen) atoms. The molecular weight excluding hydrogens is 286 g/mol. The van der Waals surface area contributed by atoms with Crippen molar-refractivity contribution in [1.29, 1.82) is 5.26 Å². The van der Waals surface area contributed by atoms with Gasteiger partial charge in [-0.05, 0) is 6.92 Å². The van der Waals surface area contributed by atoms with Gasteiger partial charge in [-0.1, -0.05) is 18.2 Å². The Morgan fingerprint density at radius 1 is 1.41 bits per heavy atom. The second-order valence-electron chi connectivity index (χ2n) is 5.38. The molecule has 114 valence electrons. The summed E-state index contributed by atoms with van der Waals surface area (Å²) < 4.78 is 5.53. The van der Waals surface area contributed by atoms with Crippen molar-refractivity contribution < 1.29 is 9.66 Å². The predicted octanol–water partition coefficient (Wildman–Crippen LogP) is 0.841. The van der Waals surface area contributed by atoms with E-state index in [9.17, 15) is 15.4 Å². The summed E-state index contributed by atoms with van der Waals surface area (Å²) in [5.41, 5.74) is 12.5. The minimum Gasteiger partial charge on any atom is -0.458 e. The lowest BCUT2D eigenvalue weighted by Crippen LogP contribution is -2.41. The fourth-order valence-corrected chi connectivity index (χ4v) is 3.19. The molecule has 0 amide bonds. The molecule has 0 bridgehead atoms. The number of nitro benzene ring substituents is 1. The lowest BCUT2D eigenvalue weighted by Gasteiger charge is -2.34. The van der Waals surface area contributed by atoms with E-state index in [2.05, 4.69) is 16.9 Å². The molecule has 0 aliphatic carbocycles. The maximum atomic E-state index is 11.3. The molecule has 0 radical (unpaired) electrons. The van der Waals surface area contributed by atoms with Crippen LogP contribution in [0.25, 0.3) is 0 Å². The molecule has 1 saturated heterocycles. The number of nitro groups is 1. The van der Waals surface area contributed by atoms with Gasteiger partial charge in [-0.25, -0.2) is 5.43 Å². The third-order valence-electron chi connectivity index (χ3n) is 4.18. The Hall–Kier alpha value is -2.63. The quantitative estimate of drug-likeness (QED) is 0.545. The standard InChI is InChI=1S/C14H15N5O3/c1-7-11-12(8-4-2-3-5-10(8)19(20)21)9(6-15)13(16)22-14(11)18-17-7/h2-5,7,11-12,14,17-18H,16H2,1H3. The summed E-state index contributed by atoms with van der Waals surface area (Å²) in [6, 6.07) is 8.44. The number of para-hydroxylation sites is 1. The highest BCUT2D eigenvalue weighted by atomic mass is 16.6. The van der Waals surface area contributed by atoms with E-state index in [0.29, 0.717) is 5.56 Å². The second-order valence-corrected chi connectivity index (χ2v) is 5.38. The number of hydrogen-bond donors (Lipinski definition) is 3. The van der Waals surface area contributed by atoms with Crippen molar-refractivity contribution in [1.82, 2.24) is 10.9 Å². The van der Waals surface area contributed by atoms with Crippen molar-refractivity contribution in [3.8, 4) is 6.07 Å². The first-order chi connectivity index (χ1) is 10.5. The van der Waals surface area contributed by atoms with E-state index in [1.54, 1.807) is 18.2 Å². The van der Waals surface area contributed by atoms with Gasteiger partial charge in [0, 0.05) is 29.5 Å². The molecule has 0 spiro atoms. The Bertz CT molecular complexity index is 696. The summed E-state index contributed by atoms with van der Waals surface area (Å²) in [4.78, 5) is 10.9. The average molecular weight is 301 g/mol. The highest BCUT2D eigenvalue weighted by Gasteiger charge is 2.48. The molecule has 1 fully saturated rings. The van der Waals surface area contributed by atoms with Gasteiger partial charge in [-0.3, -0.25) is 15.5 Å². The molecule has 2 aliphatic heterocycles. The topological polar surface area (TPSA) is 126 Å². The van der Waals surface area contributed by atoms with Crippen LogP contribution in [0.5, 0.6) is 0 Å². The fourth-order valence-electron chi connectivity index (χ4n) is 3.19. The molecule has 4 N–H and O–H groups in total. The zero-order valence-corrected chi connectivity index (χ0v) is 11.8. The fraction of sp³-hybridized carbons (Fsp3) is 0.357. The molecule has 1 aromatic rings. The van der Waals surface area contributed by atoms with Crippen LogP contribution in [0.4, 0.5) is 5.69 Å². The maximum Gasteiger partial charge on any atom is 0.273 e. The van der Waals surface area contributed by atoms with Crippen LogP contribution in [-0.4, -0.2) is 17.2 Å². The van der Waals surface area contributed by atoms with Crippen LogP contribution in [0.2, 0.25) is 0 Å². The highest BCUT2D eigenvalue weighted by molar-refractivity contribution is 5.50. The number of nitrogens with zero attached hydrogens (tertiary/aromatic N) is 2. The van der Waals surface area contributed by atoms with E-state index in [4.69, 9.17) is 10.5 Å². The third-order valence-corrected chi connectivity index (χ3v) is 4.18. The number of hydrazine groups is 1. The molecule has 4 unspecified atom stereocenters. The first-order valence-corrected chi connectivity index (χ1v) is 6.85. The van der Waals surface area contributed by atoms with E-state index in [1.807, 2.05) is 6.92 Å². The zero-order valence-electron chi connectivity index (χ0n) is 11.8. The van der Waals surface area contributed by atoms with Gasteiger partial charge in [0.05, 0.1) is 10.5 Å². The minimum atomic E-state index is -0.497. The molecule has 1 aromatic carbocycles. The molecule has 0 aromatic heterocycles. The summed E-state index contributed by atoms with van der Waals surface area (Å²) in [5, 5.41) is 20.8. The Kier molecular flexibility index (Phi) is 3.44. The third kappa shape index (κ3) is 2.07. The molecule has 8 nitrogen and oxygen atoms in total. The lowest BCUT2D eigenvalue weighted by molar-refractivity contribution is -0.385. The Morgan fingerprint density at radius 3 is 2.82 bits per heavy atom. The van der Waals surface area contributed by atoms with Gasteiger partial charge < -0.3 is 10.5 Å². The number of fused-ring (bicyclic) bond motifs is 1. The minimum absolute atomic E-state index is 0.00954. The van der Waals surface area contributed by atoms with Crippen molar-refractivity contribution in [3.63, 3.8) is 0 Å². The van der Waals surface area contributed by atoms with Crippen LogP contribution < -0.4 is 16.6 Å². The normalized spacial score (nSPS) is 30.4. The van der Waals surface area contributed by atoms with E-state index in [1.165, 1.54) is 6.07 Å². The summed E-state index contributed by atoms with van der Waals surface area (Å²) in [7, 11) is 0. The molecular formula is C14H15N5O3. The van der Waals surface area contributed by atoms with Crippen LogP contribution in [0.15, 0.2) is 35.7 Å². The van der Waals surface area contributed by atoms with Crippen LogP contribution in [0.3, 0.4) is 0 Å².